The minimum Gasteiger partial charge on any atom is -0.456 e. The van der Waals surface area contributed by atoms with Gasteiger partial charge in [-0.1, -0.05) is 12.7 Å². The van der Waals surface area contributed by atoms with Crippen molar-refractivity contribution in [1.82, 2.24) is 0 Å². The highest BCUT2D eigenvalue weighted by Gasteiger charge is 2.40. The van der Waals surface area contributed by atoms with Gasteiger partial charge in [0.25, 0.3) is 0 Å². The molecule has 0 N–H and O–H groups in total. The molecule has 0 aliphatic carbocycles. The van der Waals surface area contributed by atoms with Crippen LogP contribution in [0.25, 0.3) is 0 Å². The number of carbonyl (C=O) groups is 1. The van der Waals surface area contributed by atoms with Gasteiger partial charge in [-0.05, 0) is 0 Å². The predicted molar refractivity (Wildman–Crippen MR) is 36.5 cm³/mol. The zero-order valence-corrected chi connectivity index (χ0v) is 6.70. The Bertz CT molecular complexity index is 266. The Morgan fingerprint density at radius 3 is 2.21 bits per heavy atom. The Morgan fingerprint density at radius 1 is 1.36 bits per heavy atom. The van der Waals surface area contributed by atoms with E-state index in [0.717, 1.165) is 6.08 Å². The van der Waals surface area contributed by atoms with Gasteiger partial charge < -0.3 is 4.74 Å². The van der Waals surface area contributed by atoms with E-state index in [4.69, 9.17) is 0 Å². The molecule has 0 aromatic carbocycles. The van der Waals surface area contributed by atoms with Gasteiger partial charge in [0.2, 0.25) is 11.7 Å². The molecule has 0 rings (SSSR count). The summed E-state index contributed by atoms with van der Waals surface area (Å²) in [5.74, 6) is -7.72. The molecule has 0 fully saturated rings. The van der Waals surface area contributed by atoms with E-state index >= 15 is 0 Å². The maximum Gasteiger partial charge on any atom is 0.446 e. The first-order valence-corrected chi connectivity index (χ1v) is 3.21. The number of esters is 1. The van der Waals surface area contributed by atoms with Gasteiger partial charge in [0.1, 0.15) is 6.61 Å². The van der Waals surface area contributed by atoms with Crippen molar-refractivity contribution in [1.29, 1.82) is 0 Å². The zero-order chi connectivity index (χ0) is 11.4. The van der Waals surface area contributed by atoms with Crippen molar-refractivity contribution in [2.75, 3.05) is 6.61 Å². The molecule has 0 amide bonds. The molecule has 7 heteroatoms. The molecule has 0 aromatic rings. The average molecular weight is 216 g/mol. The largest absolute Gasteiger partial charge is 0.456 e. The van der Waals surface area contributed by atoms with Crippen LogP contribution in [0.5, 0.6) is 0 Å². The average Bonchev–Trinajstić information content (AvgIpc) is 2.10. The lowest BCUT2D eigenvalue weighted by Gasteiger charge is -2.04. The molecule has 0 saturated heterocycles. The second-order valence-electron chi connectivity index (χ2n) is 2.01. The lowest BCUT2D eigenvalue weighted by Crippen LogP contribution is -2.15. The lowest BCUT2D eigenvalue weighted by atomic mass is 10.4. The van der Waals surface area contributed by atoms with E-state index in [-0.39, 0.29) is 0 Å². The maximum absolute atomic E-state index is 12.3. The Morgan fingerprint density at radius 2 is 1.86 bits per heavy atom. The molecule has 0 bridgehead atoms. The summed E-state index contributed by atoms with van der Waals surface area (Å²) in [4.78, 5) is 10.3. The van der Waals surface area contributed by atoms with E-state index in [1.807, 2.05) is 0 Å². The number of alkyl halides is 3. The third-order valence-corrected chi connectivity index (χ3v) is 0.953. The normalized spacial score (nSPS) is 13.2. The zero-order valence-electron chi connectivity index (χ0n) is 6.70. The first-order valence-electron chi connectivity index (χ1n) is 3.21. The summed E-state index contributed by atoms with van der Waals surface area (Å²) < 4.78 is 62.6. The quantitative estimate of drug-likeness (QED) is 0.313. The fraction of sp³-hybridized carbons (Fsp3) is 0.286. The van der Waals surface area contributed by atoms with Crippen LogP contribution < -0.4 is 0 Å². The van der Waals surface area contributed by atoms with Crippen LogP contribution in [-0.4, -0.2) is 18.8 Å². The van der Waals surface area contributed by atoms with Gasteiger partial charge in [-0.3, -0.25) is 0 Å². The molecule has 0 radical (unpaired) electrons. The van der Waals surface area contributed by atoms with E-state index in [9.17, 15) is 26.7 Å². The van der Waals surface area contributed by atoms with Gasteiger partial charge in [0.15, 0.2) is 0 Å². The van der Waals surface area contributed by atoms with Crippen LogP contribution in [-0.2, 0) is 9.53 Å². The second kappa shape index (κ2) is 4.73. The fourth-order valence-electron chi connectivity index (χ4n) is 0.412. The summed E-state index contributed by atoms with van der Waals surface area (Å²) in [7, 11) is 0. The van der Waals surface area contributed by atoms with Crippen molar-refractivity contribution in [2.45, 2.75) is 6.18 Å². The Hall–Kier alpha value is -1.40. The third kappa shape index (κ3) is 3.55. The topological polar surface area (TPSA) is 26.3 Å². The molecule has 80 valence electrons. The number of carbonyl (C=O) groups excluding carboxylic acids is 1. The summed E-state index contributed by atoms with van der Waals surface area (Å²) in [6, 6.07) is 0. The molecule has 0 spiro atoms. The van der Waals surface area contributed by atoms with Gasteiger partial charge in [-0.15, -0.1) is 0 Å². The standard InChI is InChI=1S/C7H5F5O2/c1-2-3-14-6(13)4(8)5(9)7(10,11)12/h2H,1,3H2. The van der Waals surface area contributed by atoms with Crippen LogP contribution in [0.2, 0.25) is 0 Å². The van der Waals surface area contributed by atoms with Crippen molar-refractivity contribution >= 4 is 5.97 Å². The molecule has 0 aliphatic heterocycles. The van der Waals surface area contributed by atoms with Crippen molar-refractivity contribution in [3.8, 4) is 0 Å². The third-order valence-electron chi connectivity index (χ3n) is 0.953. The van der Waals surface area contributed by atoms with Crippen LogP contribution in [0.4, 0.5) is 22.0 Å². The molecule has 0 aliphatic rings. The number of hydrogen-bond acceptors (Lipinski definition) is 2. The molecule has 0 atom stereocenters. The Labute approximate surface area is 75.7 Å². The molecular formula is C7H5F5O2. The highest BCUT2D eigenvalue weighted by molar-refractivity contribution is 5.86. The fourth-order valence-corrected chi connectivity index (χ4v) is 0.412. The van der Waals surface area contributed by atoms with Crippen LogP contribution in [0.3, 0.4) is 0 Å². The van der Waals surface area contributed by atoms with Crippen molar-refractivity contribution < 1.29 is 31.5 Å². The number of halogens is 5. The molecule has 0 aromatic heterocycles. The van der Waals surface area contributed by atoms with Crippen LogP contribution >= 0.6 is 0 Å². The molecule has 0 unspecified atom stereocenters. The number of rotatable bonds is 3. The predicted octanol–water partition coefficient (Wildman–Crippen LogP) is 2.43. The van der Waals surface area contributed by atoms with Gasteiger partial charge in [0, 0.05) is 0 Å². The summed E-state index contributed by atoms with van der Waals surface area (Å²) in [6.07, 6.45) is -4.53. The van der Waals surface area contributed by atoms with E-state index in [1.54, 1.807) is 0 Å². The first kappa shape index (κ1) is 12.6. The summed E-state index contributed by atoms with van der Waals surface area (Å²) in [6.45, 7) is 2.55. The number of hydrogen-bond donors (Lipinski definition) is 0. The van der Waals surface area contributed by atoms with Gasteiger partial charge in [-0.25, -0.2) is 4.79 Å². The maximum atomic E-state index is 12.3. The summed E-state index contributed by atoms with van der Waals surface area (Å²) >= 11 is 0. The molecule has 0 saturated carbocycles. The minimum atomic E-state index is -5.53. The Kier molecular flexibility index (Phi) is 4.26. The van der Waals surface area contributed by atoms with Crippen LogP contribution in [0.15, 0.2) is 24.3 Å². The molecule has 14 heavy (non-hydrogen) atoms. The highest BCUT2D eigenvalue weighted by atomic mass is 19.4. The van der Waals surface area contributed by atoms with Crippen molar-refractivity contribution in [3.05, 3.63) is 24.3 Å². The van der Waals surface area contributed by atoms with Crippen LogP contribution in [0, 0.1) is 0 Å². The molecule has 2 nitrogen and oxygen atoms in total. The van der Waals surface area contributed by atoms with E-state index < -0.39 is 30.4 Å². The van der Waals surface area contributed by atoms with E-state index in [0.29, 0.717) is 0 Å². The van der Waals surface area contributed by atoms with Crippen molar-refractivity contribution in [3.63, 3.8) is 0 Å². The monoisotopic (exact) mass is 216 g/mol. The molecule has 0 heterocycles. The van der Waals surface area contributed by atoms with Gasteiger partial charge in [0.05, 0.1) is 0 Å². The SMILES string of the molecule is C=CCOC(=O)C(F)=C(F)C(F)(F)F. The summed E-state index contributed by atoms with van der Waals surface area (Å²) in [5, 5.41) is 0. The van der Waals surface area contributed by atoms with E-state index in [2.05, 4.69) is 11.3 Å². The lowest BCUT2D eigenvalue weighted by molar-refractivity contribution is -0.142. The Balaban J connectivity index is 4.65. The van der Waals surface area contributed by atoms with Crippen molar-refractivity contribution in [2.24, 2.45) is 0 Å². The second-order valence-corrected chi connectivity index (χ2v) is 2.01. The van der Waals surface area contributed by atoms with Gasteiger partial charge in [-0.2, -0.15) is 22.0 Å². The smallest absolute Gasteiger partial charge is 0.446 e. The highest BCUT2D eigenvalue weighted by Crippen LogP contribution is 2.30. The minimum absolute atomic E-state index is 0.503. The number of allylic oxidation sites excluding steroid dienone is 1. The van der Waals surface area contributed by atoms with Crippen LogP contribution in [0.1, 0.15) is 0 Å². The van der Waals surface area contributed by atoms with Gasteiger partial charge >= 0.3 is 12.1 Å². The van der Waals surface area contributed by atoms with E-state index in [1.165, 1.54) is 0 Å². The molecular weight excluding hydrogens is 211 g/mol. The first-order chi connectivity index (χ1) is 6.30. The summed E-state index contributed by atoms with van der Waals surface area (Å²) in [5.41, 5.74) is 0. The number of ether oxygens (including phenoxy) is 1.